The first kappa shape index (κ1) is 24.0. The molecule has 35 heavy (non-hydrogen) atoms. The fourth-order valence-corrected chi connectivity index (χ4v) is 6.15. The molecule has 1 saturated carbocycles. The van der Waals surface area contributed by atoms with Gasteiger partial charge < -0.3 is 4.90 Å². The summed E-state index contributed by atoms with van der Waals surface area (Å²) in [5.74, 6) is 0.540. The third-order valence-electron chi connectivity index (χ3n) is 7.42. The van der Waals surface area contributed by atoms with Gasteiger partial charge in [-0.05, 0) is 112 Å². The molecule has 0 radical (unpaired) electrons. The van der Waals surface area contributed by atoms with Crippen molar-refractivity contribution in [1.29, 1.82) is 0 Å². The summed E-state index contributed by atoms with van der Waals surface area (Å²) in [6.45, 7) is 7.27. The molecule has 1 amide bonds. The Morgan fingerprint density at radius 1 is 0.886 bits per heavy atom. The Hall–Kier alpha value is -2.76. The highest BCUT2D eigenvalue weighted by atomic mass is 32.2. The average molecular weight is 487 g/mol. The number of likely N-dealkylation sites (tertiary alicyclic amines) is 1. The number of carbonyl (C=O) groups excluding carboxylic acids is 1. The summed E-state index contributed by atoms with van der Waals surface area (Å²) in [6, 6.07) is 23.1. The third kappa shape index (κ3) is 5.57. The van der Waals surface area contributed by atoms with Crippen molar-refractivity contribution in [3.8, 4) is 0 Å². The molecule has 0 spiro atoms. The summed E-state index contributed by atoms with van der Waals surface area (Å²) in [5.41, 5.74) is 6.21. The number of hydrogen-bond acceptors (Lipinski definition) is 3. The fourth-order valence-electron chi connectivity index (χ4n) is 5.12. The van der Waals surface area contributed by atoms with E-state index in [4.69, 9.17) is 0 Å². The van der Waals surface area contributed by atoms with Crippen LogP contribution in [0.15, 0.2) is 76.5 Å². The molecule has 2 fully saturated rings. The zero-order valence-corrected chi connectivity index (χ0v) is 21.5. The van der Waals surface area contributed by atoms with E-state index in [1.54, 1.807) is 0 Å². The van der Waals surface area contributed by atoms with E-state index in [0.29, 0.717) is 12.0 Å². The van der Waals surface area contributed by atoms with E-state index in [2.05, 4.69) is 42.2 Å². The van der Waals surface area contributed by atoms with Gasteiger partial charge in [0.25, 0.3) is 0 Å². The number of piperidine rings is 1. The van der Waals surface area contributed by atoms with Crippen LogP contribution in [0.4, 0.5) is 5.69 Å². The second-order valence-electron chi connectivity index (χ2n) is 10.1. The van der Waals surface area contributed by atoms with E-state index >= 15 is 0 Å². The molecule has 4 nitrogen and oxygen atoms in total. The minimum Gasteiger partial charge on any atom is -0.312 e. The topological polar surface area (TPSA) is 40.6 Å². The minimum absolute atomic E-state index is 0.394. The minimum atomic E-state index is -1.14. The molecule has 182 valence electrons. The lowest BCUT2D eigenvalue weighted by Crippen LogP contribution is -2.32. The van der Waals surface area contributed by atoms with Gasteiger partial charge in [0.2, 0.25) is 6.41 Å². The van der Waals surface area contributed by atoms with Gasteiger partial charge in [0, 0.05) is 28.1 Å². The third-order valence-corrected chi connectivity index (χ3v) is 8.82. The monoisotopic (exact) mass is 486 g/mol. The lowest BCUT2D eigenvalue weighted by atomic mass is 9.86. The van der Waals surface area contributed by atoms with Crippen molar-refractivity contribution >= 4 is 22.9 Å². The maximum Gasteiger partial charge on any atom is 0.214 e. The summed E-state index contributed by atoms with van der Waals surface area (Å²) in [6.07, 6.45) is 5.48. The molecule has 1 aliphatic carbocycles. The van der Waals surface area contributed by atoms with Crippen molar-refractivity contribution in [2.45, 2.75) is 67.8 Å². The molecule has 0 bridgehead atoms. The molecular formula is C30H34N2O2S. The number of amides is 1. The predicted molar refractivity (Wildman–Crippen MR) is 142 cm³/mol. The zero-order valence-electron chi connectivity index (χ0n) is 20.7. The average Bonchev–Trinajstić information content (AvgIpc) is 3.72. The van der Waals surface area contributed by atoms with Crippen molar-refractivity contribution in [2.24, 2.45) is 0 Å². The van der Waals surface area contributed by atoms with E-state index in [-0.39, 0.29) is 0 Å². The Kier molecular flexibility index (Phi) is 7.17. The van der Waals surface area contributed by atoms with Crippen molar-refractivity contribution < 1.29 is 9.00 Å². The molecule has 0 N–H and O–H groups in total. The van der Waals surface area contributed by atoms with Crippen molar-refractivity contribution in [3.05, 3.63) is 89.0 Å². The highest BCUT2D eigenvalue weighted by molar-refractivity contribution is 7.85. The van der Waals surface area contributed by atoms with Crippen LogP contribution >= 0.6 is 0 Å². The van der Waals surface area contributed by atoms with E-state index in [1.807, 2.05) is 48.2 Å². The first-order valence-corrected chi connectivity index (χ1v) is 13.8. The van der Waals surface area contributed by atoms with Crippen LogP contribution < -0.4 is 4.90 Å². The Morgan fingerprint density at radius 3 is 2.11 bits per heavy atom. The van der Waals surface area contributed by atoms with Crippen molar-refractivity contribution in [1.82, 2.24) is 4.90 Å². The smallest absolute Gasteiger partial charge is 0.214 e. The van der Waals surface area contributed by atoms with Gasteiger partial charge in [-0.2, -0.15) is 0 Å². The molecule has 3 aromatic rings. The Morgan fingerprint density at radius 2 is 1.51 bits per heavy atom. The number of rotatable bonds is 8. The van der Waals surface area contributed by atoms with Crippen molar-refractivity contribution in [2.75, 3.05) is 18.0 Å². The standard InChI is InChI=1S/C30H34N2O2S/c1-22-3-11-28(12-4-22)35(34)29-13-6-24(7-14-29)20-31-17-15-25(16-18-31)30-19-27(8-5-23(30)2)32(21-33)26-9-10-26/h3-8,11-14,19,21,25-26H,9-10,15-18,20H2,1-2H3. The van der Waals surface area contributed by atoms with Gasteiger partial charge in [0.15, 0.2) is 0 Å². The summed E-state index contributed by atoms with van der Waals surface area (Å²) in [5, 5.41) is 0. The lowest BCUT2D eigenvalue weighted by Gasteiger charge is -2.33. The summed E-state index contributed by atoms with van der Waals surface area (Å²) < 4.78 is 12.9. The maximum absolute atomic E-state index is 12.9. The van der Waals surface area contributed by atoms with Gasteiger partial charge in [-0.3, -0.25) is 9.69 Å². The Bertz CT molecular complexity index is 1190. The zero-order chi connectivity index (χ0) is 24.4. The molecule has 1 atom stereocenters. The van der Waals surface area contributed by atoms with Gasteiger partial charge in [-0.25, -0.2) is 4.21 Å². The Labute approximate surface area is 211 Å². The van der Waals surface area contributed by atoms with Crippen LogP contribution in [0.1, 0.15) is 53.9 Å². The number of anilines is 1. The quantitative estimate of drug-likeness (QED) is 0.368. The SMILES string of the molecule is Cc1ccc(S(=O)c2ccc(CN3CCC(c4cc(N(C=O)C5CC5)ccc4C)CC3)cc2)cc1. The van der Waals surface area contributed by atoms with E-state index in [9.17, 15) is 9.00 Å². The number of benzene rings is 3. The molecule has 1 saturated heterocycles. The summed E-state index contributed by atoms with van der Waals surface area (Å²) in [7, 11) is -1.14. The van der Waals surface area contributed by atoms with Crippen LogP contribution in [0.25, 0.3) is 0 Å². The number of nitrogens with zero attached hydrogens (tertiary/aromatic N) is 2. The molecule has 2 aliphatic rings. The first-order valence-electron chi connectivity index (χ1n) is 12.7. The number of hydrogen-bond donors (Lipinski definition) is 0. The van der Waals surface area contributed by atoms with Gasteiger partial charge in [-0.1, -0.05) is 35.9 Å². The number of carbonyl (C=O) groups is 1. The molecule has 1 heterocycles. The largest absolute Gasteiger partial charge is 0.312 e. The molecule has 0 aromatic heterocycles. The lowest BCUT2D eigenvalue weighted by molar-refractivity contribution is -0.107. The summed E-state index contributed by atoms with van der Waals surface area (Å²) in [4.78, 5) is 17.7. The van der Waals surface area contributed by atoms with Gasteiger partial charge in [0.05, 0.1) is 10.8 Å². The molecule has 3 aromatic carbocycles. The molecule has 1 unspecified atom stereocenters. The van der Waals surface area contributed by atoms with Gasteiger partial charge in [0.1, 0.15) is 0 Å². The van der Waals surface area contributed by atoms with Crippen LogP contribution in [0.5, 0.6) is 0 Å². The first-order chi connectivity index (χ1) is 17.0. The van der Waals surface area contributed by atoms with Gasteiger partial charge in [-0.15, -0.1) is 0 Å². The fraction of sp³-hybridized carbons (Fsp3) is 0.367. The van der Waals surface area contributed by atoms with Crippen LogP contribution in [-0.4, -0.2) is 34.7 Å². The number of aryl methyl sites for hydroxylation is 2. The maximum atomic E-state index is 12.9. The normalized spacial score (nSPS) is 17.8. The summed E-state index contributed by atoms with van der Waals surface area (Å²) >= 11 is 0. The van der Waals surface area contributed by atoms with Crippen LogP contribution in [-0.2, 0) is 22.1 Å². The Balaban J connectivity index is 1.19. The molecule has 5 heteroatoms. The highest BCUT2D eigenvalue weighted by Gasteiger charge is 2.30. The molecule has 5 rings (SSSR count). The van der Waals surface area contributed by atoms with E-state index < -0.39 is 10.8 Å². The van der Waals surface area contributed by atoms with E-state index in [1.165, 1.54) is 22.3 Å². The second kappa shape index (κ2) is 10.5. The predicted octanol–water partition coefficient (Wildman–Crippen LogP) is 5.97. The van der Waals surface area contributed by atoms with Gasteiger partial charge >= 0.3 is 0 Å². The van der Waals surface area contributed by atoms with E-state index in [0.717, 1.165) is 67.2 Å². The molecular weight excluding hydrogens is 452 g/mol. The second-order valence-corrected chi connectivity index (χ2v) is 11.5. The van der Waals surface area contributed by atoms with Crippen molar-refractivity contribution in [3.63, 3.8) is 0 Å². The molecule has 1 aliphatic heterocycles. The van der Waals surface area contributed by atoms with Crippen LogP contribution in [0.2, 0.25) is 0 Å². The van der Waals surface area contributed by atoms with Crippen LogP contribution in [0, 0.1) is 13.8 Å². The highest BCUT2D eigenvalue weighted by Crippen LogP contribution is 2.36. The van der Waals surface area contributed by atoms with Crippen LogP contribution in [0.3, 0.4) is 0 Å².